The number of rotatable bonds is 5. The summed E-state index contributed by atoms with van der Waals surface area (Å²) in [5.74, 6) is 0. The Morgan fingerprint density at radius 3 is 2.93 bits per heavy atom. The van der Waals surface area contributed by atoms with E-state index in [2.05, 4.69) is 9.88 Å². The molecule has 0 bridgehead atoms. The first-order valence-electron chi connectivity index (χ1n) is 4.78. The van der Waals surface area contributed by atoms with Gasteiger partial charge in [-0.15, -0.1) is 0 Å². The van der Waals surface area contributed by atoms with Gasteiger partial charge in [0.2, 0.25) is 0 Å². The summed E-state index contributed by atoms with van der Waals surface area (Å²) in [6.07, 6.45) is 4.45. The van der Waals surface area contributed by atoms with Gasteiger partial charge in [-0.3, -0.25) is 9.78 Å². The molecule has 0 aliphatic rings. The van der Waals surface area contributed by atoms with Gasteiger partial charge in [0, 0.05) is 6.20 Å². The highest BCUT2D eigenvalue weighted by Gasteiger charge is 2.01. The second-order valence-electron chi connectivity index (χ2n) is 3.57. The van der Waals surface area contributed by atoms with Gasteiger partial charge in [-0.05, 0) is 45.1 Å². The minimum Gasteiger partial charge on any atom is -0.309 e. The molecule has 0 N–H and O–H groups in total. The van der Waals surface area contributed by atoms with Crippen molar-refractivity contribution in [3.05, 3.63) is 29.6 Å². The molecule has 0 atom stereocenters. The van der Waals surface area contributed by atoms with Crippen LogP contribution in [-0.2, 0) is 6.42 Å². The molecule has 0 amide bonds. The van der Waals surface area contributed by atoms with Gasteiger partial charge in [-0.1, -0.05) is 6.07 Å². The summed E-state index contributed by atoms with van der Waals surface area (Å²) in [6.45, 7) is 1.03. The molecule has 3 nitrogen and oxygen atoms in total. The molecule has 14 heavy (non-hydrogen) atoms. The van der Waals surface area contributed by atoms with Gasteiger partial charge in [0.05, 0.1) is 0 Å². The van der Waals surface area contributed by atoms with Crippen LogP contribution in [0.3, 0.4) is 0 Å². The fraction of sp³-hybridized carbons (Fsp3) is 0.455. The number of carbonyl (C=O) groups excluding carboxylic acids is 1. The van der Waals surface area contributed by atoms with Crippen LogP contribution in [0, 0.1) is 0 Å². The summed E-state index contributed by atoms with van der Waals surface area (Å²) in [4.78, 5) is 16.8. The Morgan fingerprint density at radius 2 is 2.29 bits per heavy atom. The van der Waals surface area contributed by atoms with Gasteiger partial charge in [0.25, 0.3) is 0 Å². The summed E-state index contributed by atoms with van der Waals surface area (Å²) in [5.41, 5.74) is 1.62. The fourth-order valence-electron chi connectivity index (χ4n) is 1.35. The van der Waals surface area contributed by atoms with Crippen molar-refractivity contribution in [3.63, 3.8) is 0 Å². The number of pyridine rings is 1. The van der Waals surface area contributed by atoms with Crippen molar-refractivity contribution in [1.29, 1.82) is 0 Å². The molecule has 1 heterocycles. The number of hydrogen-bond acceptors (Lipinski definition) is 3. The van der Waals surface area contributed by atoms with E-state index >= 15 is 0 Å². The molecule has 0 aliphatic heterocycles. The van der Waals surface area contributed by atoms with Crippen LogP contribution < -0.4 is 0 Å². The number of hydrogen-bond donors (Lipinski definition) is 0. The lowest BCUT2D eigenvalue weighted by molar-refractivity contribution is 0.111. The van der Waals surface area contributed by atoms with E-state index in [0.29, 0.717) is 5.69 Å². The number of carbonyl (C=O) groups is 1. The van der Waals surface area contributed by atoms with Crippen LogP contribution in [0.4, 0.5) is 0 Å². The number of aryl methyl sites for hydroxylation is 1. The van der Waals surface area contributed by atoms with Gasteiger partial charge in [-0.2, -0.15) is 0 Å². The van der Waals surface area contributed by atoms with E-state index in [4.69, 9.17) is 0 Å². The van der Waals surface area contributed by atoms with Crippen molar-refractivity contribution in [1.82, 2.24) is 9.88 Å². The first-order valence-corrected chi connectivity index (χ1v) is 4.78. The predicted octanol–water partition coefficient (Wildman–Crippen LogP) is 1.39. The average Bonchev–Trinajstić information content (AvgIpc) is 2.18. The minimum atomic E-state index is 0.575. The molecule has 3 heteroatoms. The number of aromatic nitrogens is 1. The van der Waals surface area contributed by atoms with Gasteiger partial charge < -0.3 is 4.90 Å². The lowest BCUT2D eigenvalue weighted by Gasteiger charge is -2.09. The zero-order valence-electron chi connectivity index (χ0n) is 8.73. The molecular formula is C11H16N2O. The lowest BCUT2D eigenvalue weighted by atomic mass is 10.1. The first kappa shape index (κ1) is 10.9. The Morgan fingerprint density at radius 1 is 1.50 bits per heavy atom. The van der Waals surface area contributed by atoms with E-state index in [1.807, 2.05) is 26.2 Å². The van der Waals surface area contributed by atoms with Crippen LogP contribution in [0.15, 0.2) is 18.3 Å². The quantitative estimate of drug-likeness (QED) is 0.661. The zero-order chi connectivity index (χ0) is 10.4. The summed E-state index contributed by atoms with van der Waals surface area (Å²) in [6, 6.07) is 3.84. The highest BCUT2D eigenvalue weighted by atomic mass is 16.1. The Hall–Kier alpha value is -1.22. The van der Waals surface area contributed by atoms with Crippen LogP contribution in [0.5, 0.6) is 0 Å². The second kappa shape index (κ2) is 5.50. The van der Waals surface area contributed by atoms with E-state index in [1.165, 1.54) is 0 Å². The summed E-state index contributed by atoms with van der Waals surface area (Å²) in [5, 5.41) is 0. The molecule has 0 saturated heterocycles. The molecule has 1 aromatic rings. The SMILES string of the molecule is CN(C)CCCc1cccnc1C=O. The maximum atomic E-state index is 10.7. The highest BCUT2D eigenvalue weighted by Crippen LogP contribution is 2.06. The van der Waals surface area contributed by atoms with Crippen molar-refractivity contribution >= 4 is 6.29 Å². The molecule has 76 valence electrons. The molecular weight excluding hydrogens is 176 g/mol. The predicted molar refractivity (Wildman–Crippen MR) is 56.5 cm³/mol. The van der Waals surface area contributed by atoms with Crippen LogP contribution in [0.2, 0.25) is 0 Å². The van der Waals surface area contributed by atoms with Crippen molar-refractivity contribution in [2.45, 2.75) is 12.8 Å². The van der Waals surface area contributed by atoms with Gasteiger partial charge in [0.15, 0.2) is 6.29 Å². The average molecular weight is 192 g/mol. The summed E-state index contributed by atoms with van der Waals surface area (Å²) in [7, 11) is 4.09. The van der Waals surface area contributed by atoms with Crippen molar-refractivity contribution in [3.8, 4) is 0 Å². The third kappa shape index (κ3) is 3.26. The smallest absolute Gasteiger partial charge is 0.168 e. The molecule has 1 rings (SSSR count). The van der Waals surface area contributed by atoms with Crippen LogP contribution >= 0.6 is 0 Å². The molecule has 0 unspecified atom stereocenters. The maximum absolute atomic E-state index is 10.7. The van der Waals surface area contributed by atoms with E-state index in [9.17, 15) is 4.79 Å². The Labute approximate surface area is 84.8 Å². The van der Waals surface area contributed by atoms with Crippen molar-refractivity contribution in [2.24, 2.45) is 0 Å². The van der Waals surface area contributed by atoms with Crippen LogP contribution in [-0.4, -0.2) is 36.8 Å². The molecule has 0 saturated carbocycles. The maximum Gasteiger partial charge on any atom is 0.168 e. The van der Waals surface area contributed by atoms with E-state index in [0.717, 1.165) is 31.2 Å². The normalized spacial score (nSPS) is 10.5. The Balaban J connectivity index is 2.53. The molecule has 0 radical (unpaired) electrons. The molecule has 1 aromatic heterocycles. The summed E-state index contributed by atoms with van der Waals surface area (Å²) >= 11 is 0. The fourth-order valence-corrected chi connectivity index (χ4v) is 1.35. The van der Waals surface area contributed by atoms with Crippen molar-refractivity contribution < 1.29 is 4.79 Å². The standard InChI is InChI=1S/C11H16N2O/c1-13(2)8-4-6-10-5-3-7-12-11(10)9-14/h3,5,7,9H,4,6,8H2,1-2H3. The molecule has 0 spiro atoms. The first-order chi connectivity index (χ1) is 6.74. The third-order valence-corrected chi connectivity index (χ3v) is 2.09. The molecule has 0 fully saturated rings. The number of nitrogens with zero attached hydrogens (tertiary/aromatic N) is 2. The van der Waals surface area contributed by atoms with E-state index in [-0.39, 0.29) is 0 Å². The van der Waals surface area contributed by atoms with Crippen LogP contribution in [0.25, 0.3) is 0 Å². The Bertz CT molecular complexity index is 297. The highest BCUT2D eigenvalue weighted by molar-refractivity contribution is 5.73. The minimum absolute atomic E-state index is 0.575. The number of aldehydes is 1. The van der Waals surface area contributed by atoms with Gasteiger partial charge in [-0.25, -0.2) is 0 Å². The monoisotopic (exact) mass is 192 g/mol. The molecule has 0 aromatic carbocycles. The second-order valence-corrected chi connectivity index (χ2v) is 3.57. The summed E-state index contributed by atoms with van der Waals surface area (Å²) < 4.78 is 0. The van der Waals surface area contributed by atoms with Crippen LogP contribution in [0.1, 0.15) is 22.5 Å². The topological polar surface area (TPSA) is 33.2 Å². The lowest BCUT2D eigenvalue weighted by Crippen LogP contribution is -2.13. The third-order valence-electron chi connectivity index (χ3n) is 2.09. The molecule has 0 aliphatic carbocycles. The van der Waals surface area contributed by atoms with E-state index in [1.54, 1.807) is 6.20 Å². The van der Waals surface area contributed by atoms with E-state index < -0.39 is 0 Å². The zero-order valence-corrected chi connectivity index (χ0v) is 8.73. The van der Waals surface area contributed by atoms with Crippen molar-refractivity contribution in [2.75, 3.05) is 20.6 Å². The van der Waals surface area contributed by atoms with Gasteiger partial charge >= 0.3 is 0 Å². The van der Waals surface area contributed by atoms with Gasteiger partial charge in [0.1, 0.15) is 5.69 Å². The largest absolute Gasteiger partial charge is 0.309 e. The Kier molecular flexibility index (Phi) is 4.26.